The van der Waals surface area contributed by atoms with Crippen LogP contribution < -0.4 is 5.73 Å². The van der Waals surface area contributed by atoms with Crippen LogP contribution in [0.4, 0.5) is 5.69 Å². The van der Waals surface area contributed by atoms with Crippen LogP contribution >= 0.6 is 0 Å². The number of nitrogen functional groups attached to an aromatic ring is 1. The molecule has 0 saturated carbocycles. The smallest absolute Gasteiger partial charge is 0.131 e. The van der Waals surface area contributed by atoms with Crippen LogP contribution in [0.1, 0.15) is 23.1 Å². The van der Waals surface area contributed by atoms with E-state index in [0.29, 0.717) is 0 Å². The molecule has 1 aromatic rings. The lowest BCUT2D eigenvalue weighted by Crippen LogP contribution is -1.94. The average molecular weight is 187 g/mol. The first-order valence-electron chi connectivity index (χ1n) is 4.45. The maximum absolute atomic E-state index is 10.1. The van der Waals surface area contributed by atoms with E-state index in [1.807, 2.05) is 26.0 Å². The second kappa shape index (κ2) is 4.48. The molecule has 2 nitrogen and oxygen atoms in total. The Labute approximate surface area is 84.1 Å². The van der Waals surface area contributed by atoms with Crippen LogP contribution in [0, 0.1) is 25.7 Å². The van der Waals surface area contributed by atoms with Crippen LogP contribution in [0.3, 0.4) is 0 Å². The van der Waals surface area contributed by atoms with Crippen LogP contribution in [-0.4, -0.2) is 6.29 Å². The fourth-order valence-electron chi connectivity index (χ4n) is 1.16. The molecule has 0 aromatic heterocycles. The molecule has 0 aliphatic heterocycles. The van der Waals surface area contributed by atoms with Crippen molar-refractivity contribution < 1.29 is 4.79 Å². The van der Waals surface area contributed by atoms with Crippen molar-refractivity contribution in [1.29, 1.82) is 0 Å². The van der Waals surface area contributed by atoms with Gasteiger partial charge < -0.3 is 10.5 Å². The Kier molecular flexibility index (Phi) is 3.30. The lowest BCUT2D eigenvalue weighted by Gasteiger charge is -2.05. The Morgan fingerprint density at radius 2 is 2.07 bits per heavy atom. The van der Waals surface area contributed by atoms with E-state index in [9.17, 15) is 4.79 Å². The van der Waals surface area contributed by atoms with Gasteiger partial charge in [0.25, 0.3) is 0 Å². The Morgan fingerprint density at radius 1 is 1.36 bits per heavy atom. The molecule has 0 bridgehead atoms. The van der Waals surface area contributed by atoms with E-state index in [-0.39, 0.29) is 6.42 Å². The SMILES string of the molecule is Cc1c(N)ccc(C#CCC=O)c1C. The Bertz CT molecular complexity index is 410. The van der Waals surface area contributed by atoms with E-state index in [0.717, 1.165) is 28.7 Å². The summed E-state index contributed by atoms with van der Waals surface area (Å²) < 4.78 is 0. The van der Waals surface area contributed by atoms with Crippen LogP contribution in [-0.2, 0) is 4.79 Å². The second-order valence-electron chi connectivity index (χ2n) is 3.12. The molecular weight excluding hydrogens is 174 g/mol. The van der Waals surface area contributed by atoms with E-state index in [4.69, 9.17) is 5.73 Å². The molecule has 0 aliphatic carbocycles. The second-order valence-corrected chi connectivity index (χ2v) is 3.12. The van der Waals surface area contributed by atoms with Crippen molar-refractivity contribution in [2.24, 2.45) is 0 Å². The van der Waals surface area contributed by atoms with Crippen LogP contribution in [0.2, 0.25) is 0 Å². The summed E-state index contributed by atoms with van der Waals surface area (Å²) in [7, 11) is 0. The summed E-state index contributed by atoms with van der Waals surface area (Å²) in [5.41, 5.74) is 9.61. The van der Waals surface area contributed by atoms with Gasteiger partial charge in [0.1, 0.15) is 6.29 Å². The number of hydrogen-bond acceptors (Lipinski definition) is 2. The number of nitrogens with two attached hydrogens (primary N) is 1. The number of anilines is 1. The van der Waals surface area contributed by atoms with E-state index < -0.39 is 0 Å². The summed E-state index contributed by atoms with van der Waals surface area (Å²) in [6, 6.07) is 3.72. The van der Waals surface area contributed by atoms with Crippen molar-refractivity contribution in [2.45, 2.75) is 20.3 Å². The fourth-order valence-corrected chi connectivity index (χ4v) is 1.16. The molecule has 0 saturated heterocycles. The number of carbonyl (C=O) groups excluding carboxylic acids is 1. The van der Waals surface area contributed by atoms with Gasteiger partial charge in [0, 0.05) is 11.3 Å². The van der Waals surface area contributed by atoms with E-state index >= 15 is 0 Å². The third kappa shape index (κ3) is 2.14. The molecule has 2 N–H and O–H groups in total. The minimum Gasteiger partial charge on any atom is -0.399 e. The first-order valence-corrected chi connectivity index (χ1v) is 4.45. The molecule has 1 rings (SSSR count). The minimum absolute atomic E-state index is 0.281. The van der Waals surface area contributed by atoms with E-state index in [2.05, 4.69) is 11.8 Å². The van der Waals surface area contributed by atoms with Crippen molar-refractivity contribution in [3.63, 3.8) is 0 Å². The summed E-state index contributed by atoms with van der Waals surface area (Å²) in [5, 5.41) is 0. The number of carbonyl (C=O) groups is 1. The van der Waals surface area contributed by atoms with Gasteiger partial charge in [-0.3, -0.25) is 0 Å². The Hall–Kier alpha value is -1.75. The van der Waals surface area contributed by atoms with Gasteiger partial charge in [0.05, 0.1) is 6.42 Å². The summed E-state index contributed by atoms with van der Waals surface area (Å²) in [4.78, 5) is 10.1. The quantitative estimate of drug-likeness (QED) is 0.414. The van der Waals surface area contributed by atoms with Crippen molar-refractivity contribution in [3.05, 3.63) is 28.8 Å². The zero-order valence-electron chi connectivity index (χ0n) is 8.42. The van der Waals surface area contributed by atoms with Gasteiger partial charge in [0.15, 0.2) is 0 Å². The maximum atomic E-state index is 10.1. The van der Waals surface area contributed by atoms with E-state index in [1.54, 1.807) is 0 Å². The average Bonchev–Trinajstić information content (AvgIpc) is 2.18. The van der Waals surface area contributed by atoms with Crippen molar-refractivity contribution in [1.82, 2.24) is 0 Å². The molecule has 0 unspecified atom stereocenters. The molecule has 2 heteroatoms. The Balaban J connectivity index is 3.07. The lowest BCUT2D eigenvalue weighted by atomic mass is 10.0. The molecular formula is C12H13NO. The molecule has 0 radical (unpaired) electrons. The summed E-state index contributed by atoms with van der Waals surface area (Å²) in [6.45, 7) is 3.95. The van der Waals surface area contributed by atoms with Crippen LogP contribution in [0.5, 0.6) is 0 Å². The van der Waals surface area contributed by atoms with Gasteiger partial charge in [0.2, 0.25) is 0 Å². The topological polar surface area (TPSA) is 43.1 Å². The van der Waals surface area contributed by atoms with Gasteiger partial charge in [-0.15, -0.1) is 0 Å². The van der Waals surface area contributed by atoms with Gasteiger partial charge in [-0.25, -0.2) is 0 Å². The third-order valence-electron chi connectivity index (χ3n) is 2.24. The molecule has 1 aromatic carbocycles. The highest BCUT2D eigenvalue weighted by molar-refractivity contribution is 5.59. The summed E-state index contributed by atoms with van der Waals surface area (Å²) >= 11 is 0. The molecule has 0 spiro atoms. The van der Waals surface area contributed by atoms with Crippen molar-refractivity contribution in [2.75, 3.05) is 5.73 Å². The van der Waals surface area contributed by atoms with Gasteiger partial charge >= 0.3 is 0 Å². The molecule has 14 heavy (non-hydrogen) atoms. The van der Waals surface area contributed by atoms with Gasteiger partial charge in [-0.05, 0) is 37.1 Å². The van der Waals surface area contributed by atoms with Gasteiger partial charge in [-0.2, -0.15) is 0 Å². The number of benzene rings is 1. The van der Waals surface area contributed by atoms with Crippen LogP contribution in [0.15, 0.2) is 12.1 Å². The third-order valence-corrected chi connectivity index (χ3v) is 2.24. The van der Waals surface area contributed by atoms with E-state index in [1.165, 1.54) is 0 Å². The molecule has 0 fully saturated rings. The summed E-state index contributed by atoms with van der Waals surface area (Å²) in [5.74, 6) is 5.73. The van der Waals surface area contributed by atoms with Crippen molar-refractivity contribution in [3.8, 4) is 11.8 Å². The number of hydrogen-bond donors (Lipinski definition) is 1. The standard InChI is InChI=1S/C12H13NO/c1-9-10(2)12(13)7-6-11(9)5-3-4-8-14/h6-8H,4,13H2,1-2H3. The first-order chi connectivity index (χ1) is 6.66. The van der Waals surface area contributed by atoms with Gasteiger partial charge in [-0.1, -0.05) is 11.8 Å². The van der Waals surface area contributed by atoms with Crippen LogP contribution in [0.25, 0.3) is 0 Å². The monoisotopic (exact) mass is 187 g/mol. The first kappa shape index (κ1) is 10.3. The predicted molar refractivity (Wildman–Crippen MR) is 57.9 cm³/mol. The highest BCUT2D eigenvalue weighted by Crippen LogP contribution is 2.18. The zero-order valence-corrected chi connectivity index (χ0v) is 8.42. The molecule has 72 valence electrons. The molecule has 0 atom stereocenters. The zero-order chi connectivity index (χ0) is 10.6. The lowest BCUT2D eigenvalue weighted by molar-refractivity contribution is -0.107. The highest BCUT2D eigenvalue weighted by Gasteiger charge is 2.00. The van der Waals surface area contributed by atoms with Crippen molar-refractivity contribution >= 4 is 12.0 Å². The molecule has 0 heterocycles. The number of aldehydes is 1. The largest absolute Gasteiger partial charge is 0.399 e. The molecule has 0 aliphatic rings. The number of rotatable bonds is 1. The Morgan fingerprint density at radius 3 is 2.71 bits per heavy atom. The highest BCUT2D eigenvalue weighted by atomic mass is 16.1. The maximum Gasteiger partial charge on any atom is 0.131 e. The predicted octanol–water partition coefficient (Wildman–Crippen LogP) is 1.83. The normalized spacial score (nSPS) is 9.00. The molecule has 0 amide bonds. The minimum atomic E-state index is 0.281. The fraction of sp³-hybridized carbons (Fsp3) is 0.250. The summed E-state index contributed by atoms with van der Waals surface area (Å²) in [6.07, 6.45) is 1.08.